The maximum atomic E-state index is 11.7. The van der Waals surface area contributed by atoms with Gasteiger partial charge in [-0.25, -0.2) is 0 Å². The number of hydrogen-bond acceptors (Lipinski definition) is 2. The van der Waals surface area contributed by atoms with Crippen molar-refractivity contribution in [3.8, 4) is 0 Å². The summed E-state index contributed by atoms with van der Waals surface area (Å²) in [5.41, 5.74) is 0. The number of likely N-dealkylation sites (tertiary alicyclic amines) is 1. The molecule has 0 aromatic rings. The zero-order chi connectivity index (χ0) is 9.80. The molecule has 2 aliphatic rings. The number of amides is 1. The van der Waals surface area contributed by atoms with Crippen LogP contribution in [0.5, 0.6) is 0 Å². The number of nitrogens with one attached hydrogen (secondary N) is 1. The second-order valence-electron chi connectivity index (χ2n) is 4.45. The standard InChI is InChI=1S/C11H20N2O/c14-11(9-12-10-5-6-10)13-7-3-1-2-4-8-13/h10,12H,1-9H2. The summed E-state index contributed by atoms with van der Waals surface area (Å²) >= 11 is 0. The van der Waals surface area contributed by atoms with Crippen LogP contribution in [0.15, 0.2) is 0 Å². The highest BCUT2D eigenvalue weighted by Crippen LogP contribution is 2.18. The van der Waals surface area contributed by atoms with Crippen LogP contribution in [0.3, 0.4) is 0 Å². The maximum absolute atomic E-state index is 11.7. The molecule has 1 N–H and O–H groups in total. The average Bonchev–Trinajstić information content (AvgIpc) is 3.01. The quantitative estimate of drug-likeness (QED) is 0.734. The summed E-state index contributed by atoms with van der Waals surface area (Å²) in [6.07, 6.45) is 7.48. The van der Waals surface area contributed by atoms with Gasteiger partial charge in [0.05, 0.1) is 6.54 Å². The van der Waals surface area contributed by atoms with E-state index in [-0.39, 0.29) is 0 Å². The van der Waals surface area contributed by atoms with Crippen LogP contribution in [0, 0.1) is 0 Å². The third-order valence-electron chi connectivity index (χ3n) is 3.08. The highest BCUT2D eigenvalue weighted by molar-refractivity contribution is 5.78. The first-order valence-corrected chi connectivity index (χ1v) is 5.87. The fraction of sp³-hybridized carbons (Fsp3) is 0.909. The van der Waals surface area contributed by atoms with E-state index in [0.717, 1.165) is 13.1 Å². The van der Waals surface area contributed by atoms with Gasteiger partial charge >= 0.3 is 0 Å². The number of carbonyl (C=O) groups excluding carboxylic acids is 1. The molecule has 1 saturated heterocycles. The average molecular weight is 196 g/mol. The van der Waals surface area contributed by atoms with Gasteiger partial charge in [0, 0.05) is 19.1 Å². The van der Waals surface area contributed by atoms with Crippen molar-refractivity contribution in [3.63, 3.8) is 0 Å². The van der Waals surface area contributed by atoms with E-state index >= 15 is 0 Å². The van der Waals surface area contributed by atoms with Crippen molar-refractivity contribution < 1.29 is 4.79 Å². The fourth-order valence-electron chi connectivity index (χ4n) is 1.95. The summed E-state index contributed by atoms with van der Waals surface area (Å²) in [6, 6.07) is 0.644. The van der Waals surface area contributed by atoms with E-state index in [0.29, 0.717) is 18.5 Å². The Morgan fingerprint density at radius 2 is 1.79 bits per heavy atom. The van der Waals surface area contributed by atoms with Crippen molar-refractivity contribution in [2.75, 3.05) is 19.6 Å². The Morgan fingerprint density at radius 1 is 1.14 bits per heavy atom. The summed E-state index contributed by atoms with van der Waals surface area (Å²) in [7, 11) is 0. The van der Waals surface area contributed by atoms with Crippen molar-refractivity contribution in [1.29, 1.82) is 0 Å². The maximum Gasteiger partial charge on any atom is 0.236 e. The van der Waals surface area contributed by atoms with Gasteiger partial charge in [0.25, 0.3) is 0 Å². The molecule has 0 bridgehead atoms. The van der Waals surface area contributed by atoms with E-state index in [4.69, 9.17) is 0 Å². The van der Waals surface area contributed by atoms with Crippen LogP contribution in [-0.4, -0.2) is 36.5 Å². The van der Waals surface area contributed by atoms with Gasteiger partial charge in [0.2, 0.25) is 5.91 Å². The molecule has 0 atom stereocenters. The second kappa shape index (κ2) is 4.78. The van der Waals surface area contributed by atoms with E-state index in [1.54, 1.807) is 0 Å². The minimum atomic E-state index is 0.304. The molecule has 0 radical (unpaired) electrons. The Balaban J connectivity index is 1.70. The molecule has 3 heteroatoms. The fourth-order valence-corrected chi connectivity index (χ4v) is 1.95. The lowest BCUT2D eigenvalue weighted by Crippen LogP contribution is -2.39. The molecule has 1 amide bonds. The molecule has 2 fully saturated rings. The molecule has 2 rings (SSSR count). The first-order chi connectivity index (χ1) is 6.86. The largest absolute Gasteiger partial charge is 0.342 e. The zero-order valence-corrected chi connectivity index (χ0v) is 8.80. The van der Waals surface area contributed by atoms with Gasteiger partial charge in [-0.05, 0) is 25.7 Å². The van der Waals surface area contributed by atoms with Crippen molar-refractivity contribution in [2.45, 2.75) is 44.6 Å². The van der Waals surface area contributed by atoms with Crippen LogP contribution < -0.4 is 5.32 Å². The second-order valence-corrected chi connectivity index (χ2v) is 4.45. The van der Waals surface area contributed by atoms with Crippen LogP contribution in [0.2, 0.25) is 0 Å². The summed E-state index contributed by atoms with van der Waals surface area (Å²) in [6.45, 7) is 2.51. The molecule has 1 aliphatic heterocycles. The SMILES string of the molecule is O=C(CNC1CC1)N1CCCCCC1. The van der Waals surface area contributed by atoms with Gasteiger partial charge in [0.1, 0.15) is 0 Å². The van der Waals surface area contributed by atoms with Gasteiger partial charge in [-0.2, -0.15) is 0 Å². The van der Waals surface area contributed by atoms with Crippen molar-refractivity contribution in [2.24, 2.45) is 0 Å². The molecule has 3 nitrogen and oxygen atoms in total. The van der Waals surface area contributed by atoms with Gasteiger partial charge < -0.3 is 10.2 Å². The van der Waals surface area contributed by atoms with Crippen LogP contribution in [0.1, 0.15) is 38.5 Å². The number of nitrogens with zero attached hydrogens (tertiary/aromatic N) is 1. The summed E-state index contributed by atoms with van der Waals surface area (Å²) < 4.78 is 0. The first-order valence-electron chi connectivity index (χ1n) is 5.87. The molecule has 0 spiro atoms. The predicted octanol–water partition coefficient (Wildman–Crippen LogP) is 1.14. The van der Waals surface area contributed by atoms with E-state index < -0.39 is 0 Å². The summed E-state index contributed by atoms with van der Waals surface area (Å²) in [5, 5.41) is 3.28. The van der Waals surface area contributed by atoms with E-state index in [1.165, 1.54) is 38.5 Å². The third kappa shape index (κ3) is 2.98. The Hall–Kier alpha value is -0.570. The summed E-state index contributed by atoms with van der Waals surface area (Å²) in [4.78, 5) is 13.8. The molecule has 0 unspecified atom stereocenters. The van der Waals surface area contributed by atoms with E-state index in [9.17, 15) is 4.79 Å². The number of hydrogen-bond donors (Lipinski definition) is 1. The molecular weight excluding hydrogens is 176 g/mol. The Bertz CT molecular complexity index is 193. The lowest BCUT2D eigenvalue weighted by molar-refractivity contribution is -0.130. The zero-order valence-electron chi connectivity index (χ0n) is 8.80. The van der Waals surface area contributed by atoms with Gasteiger partial charge in [-0.3, -0.25) is 4.79 Å². The van der Waals surface area contributed by atoms with Crippen molar-refractivity contribution in [1.82, 2.24) is 10.2 Å². The number of carbonyl (C=O) groups is 1. The van der Waals surface area contributed by atoms with Gasteiger partial charge in [-0.15, -0.1) is 0 Å². The number of rotatable bonds is 3. The Morgan fingerprint density at radius 3 is 2.36 bits per heavy atom. The highest BCUT2D eigenvalue weighted by Gasteiger charge is 2.22. The lowest BCUT2D eigenvalue weighted by Gasteiger charge is -2.20. The Labute approximate surface area is 85.8 Å². The first kappa shape index (κ1) is 9.97. The smallest absolute Gasteiger partial charge is 0.236 e. The minimum Gasteiger partial charge on any atom is -0.342 e. The molecular formula is C11H20N2O. The van der Waals surface area contributed by atoms with Crippen LogP contribution >= 0.6 is 0 Å². The topological polar surface area (TPSA) is 32.3 Å². The normalized spacial score (nSPS) is 23.3. The predicted molar refractivity (Wildman–Crippen MR) is 56.1 cm³/mol. The van der Waals surface area contributed by atoms with E-state index in [2.05, 4.69) is 5.32 Å². The molecule has 14 heavy (non-hydrogen) atoms. The van der Waals surface area contributed by atoms with Gasteiger partial charge in [-0.1, -0.05) is 12.8 Å². The molecule has 1 saturated carbocycles. The van der Waals surface area contributed by atoms with E-state index in [1.807, 2.05) is 4.90 Å². The van der Waals surface area contributed by atoms with Crippen LogP contribution in [-0.2, 0) is 4.79 Å². The molecule has 1 aliphatic carbocycles. The molecule has 0 aromatic heterocycles. The monoisotopic (exact) mass is 196 g/mol. The van der Waals surface area contributed by atoms with Crippen LogP contribution in [0.25, 0.3) is 0 Å². The van der Waals surface area contributed by atoms with Crippen molar-refractivity contribution in [3.05, 3.63) is 0 Å². The molecule has 80 valence electrons. The van der Waals surface area contributed by atoms with Crippen LogP contribution in [0.4, 0.5) is 0 Å². The molecule has 1 heterocycles. The molecule has 0 aromatic carbocycles. The van der Waals surface area contributed by atoms with Crippen molar-refractivity contribution >= 4 is 5.91 Å². The minimum absolute atomic E-state index is 0.304. The highest BCUT2D eigenvalue weighted by atomic mass is 16.2. The Kier molecular flexibility index (Phi) is 3.40. The summed E-state index contributed by atoms with van der Waals surface area (Å²) in [5.74, 6) is 0.304. The lowest BCUT2D eigenvalue weighted by atomic mass is 10.2. The third-order valence-corrected chi connectivity index (χ3v) is 3.08. The van der Waals surface area contributed by atoms with Gasteiger partial charge in [0.15, 0.2) is 0 Å².